The molecule has 3 aromatic rings. The summed E-state index contributed by atoms with van der Waals surface area (Å²) in [6.07, 6.45) is -9.14. The Kier molecular flexibility index (Phi) is 5.07. The van der Waals surface area contributed by atoms with E-state index in [2.05, 4.69) is 15.6 Å². The van der Waals surface area contributed by atoms with E-state index in [0.717, 1.165) is 35.0 Å². The molecule has 0 aliphatic rings. The van der Waals surface area contributed by atoms with Crippen molar-refractivity contribution in [3.8, 4) is 5.69 Å². The Labute approximate surface area is 160 Å². The van der Waals surface area contributed by atoms with Crippen molar-refractivity contribution in [1.29, 1.82) is 0 Å². The van der Waals surface area contributed by atoms with Crippen LogP contribution >= 0.6 is 0 Å². The van der Waals surface area contributed by atoms with Crippen molar-refractivity contribution >= 4 is 11.6 Å². The first-order chi connectivity index (χ1) is 13.5. The van der Waals surface area contributed by atoms with Gasteiger partial charge in [0.25, 0.3) is 5.91 Å². The van der Waals surface area contributed by atoms with Gasteiger partial charge in [0.1, 0.15) is 0 Å². The number of carbonyl (C=O) groups is 1. The third kappa shape index (κ3) is 4.39. The number of hydrogen-bond donors (Lipinski definition) is 1. The molecule has 0 aliphatic carbocycles. The molecular formula is C18H12F6N4O. The monoisotopic (exact) mass is 414 g/mol. The minimum atomic E-state index is -4.58. The van der Waals surface area contributed by atoms with Gasteiger partial charge in [0.15, 0.2) is 5.69 Å². The van der Waals surface area contributed by atoms with Crippen LogP contribution in [0.3, 0.4) is 0 Å². The SMILES string of the molecule is Cc1c(C(=O)Nc2cccc(C(F)(F)F)c2)nnn1-c1cccc(C(F)(F)F)c1. The maximum atomic E-state index is 12.9. The van der Waals surface area contributed by atoms with Crippen LogP contribution < -0.4 is 5.32 Å². The fourth-order valence-electron chi connectivity index (χ4n) is 2.56. The first-order valence-corrected chi connectivity index (χ1v) is 8.05. The molecule has 2 aromatic carbocycles. The number of benzene rings is 2. The van der Waals surface area contributed by atoms with E-state index in [1.165, 1.54) is 25.1 Å². The van der Waals surface area contributed by atoms with Gasteiger partial charge in [0, 0.05) is 5.69 Å². The molecule has 0 fully saturated rings. The van der Waals surface area contributed by atoms with Crippen molar-refractivity contribution in [2.24, 2.45) is 0 Å². The van der Waals surface area contributed by atoms with E-state index >= 15 is 0 Å². The molecule has 11 heteroatoms. The number of nitrogens with zero attached hydrogens (tertiary/aromatic N) is 3. The highest BCUT2D eigenvalue weighted by Gasteiger charge is 2.32. The van der Waals surface area contributed by atoms with Crippen molar-refractivity contribution in [2.75, 3.05) is 5.32 Å². The van der Waals surface area contributed by atoms with Crippen LogP contribution in [-0.2, 0) is 12.4 Å². The second kappa shape index (κ2) is 7.22. The Hall–Kier alpha value is -3.37. The number of hydrogen-bond acceptors (Lipinski definition) is 3. The minimum Gasteiger partial charge on any atom is -0.321 e. The van der Waals surface area contributed by atoms with Crippen molar-refractivity contribution in [3.63, 3.8) is 0 Å². The average molecular weight is 414 g/mol. The van der Waals surface area contributed by atoms with Crippen molar-refractivity contribution < 1.29 is 31.1 Å². The number of alkyl halides is 6. The molecule has 0 spiro atoms. The molecule has 152 valence electrons. The number of rotatable bonds is 3. The highest BCUT2D eigenvalue weighted by molar-refractivity contribution is 6.03. The van der Waals surface area contributed by atoms with Crippen LogP contribution in [0.1, 0.15) is 27.3 Å². The number of halogens is 6. The van der Waals surface area contributed by atoms with Gasteiger partial charge in [-0.3, -0.25) is 4.79 Å². The van der Waals surface area contributed by atoms with Crippen molar-refractivity contribution in [3.05, 3.63) is 71.0 Å². The topological polar surface area (TPSA) is 59.8 Å². The molecule has 1 heterocycles. The third-order valence-electron chi connectivity index (χ3n) is 3.98. The number of aromatic nitrogens is 3. The third-order valence-corrected chi connectivity index (χ3v) is 3.98. The van der Waals surface area contributed by atoms with Crippen molar-refractivity contribution in [1.82, 2.24) is 15.0 Å². The van der Waals surface area contributed by atoms with Crippen LogP contribution in [0.4, 0.5) is 32.0 Å². The summed E-state index contributed by atoms with van der Waals surface area (Å²) in [6.45, 7) is 1.40. The normalized spacial score (nSPS) is 12.1. The Bertz CT molecular complexity index is 1050. The van der Waals surface area contributed by atoms with E-state index in [4.69, 9.17) is 0 Å². The van der Waals surface area contributed by atoms with E-state index in [9.17, 15) is 31.1 Å². The molecule has 0 saturated carbocycles. The number of carbonyl (C=O) groups excluding carboxylic acids is 1. The summed E-state index contributed by atoms with van der Waals surface area (Å²) in [6, 6.07) is 8.26. The predicted octanol–water partition coefficient (Wildman–Crippen LogP) is 4.87. The number of nitrogens with one attached hydrogen (secondary N) is 1. The lowest BCUT2D eigenvalue weighted by Gasteiger charge is -2.10. The van der Waals surface area contributed by atoms with Crippen LogP contribution in [0.5, 0.6) is 0 Å². The van der Waals surface area contributed by atoms with Gasteiger partial charge in [0.05, 0.1) is 22.5 Å². The van der Waals surface area contributed by atoms with Gasteiger partial charge in [-0.25, -0.2) is 4.68 Å². The standard InChI is InChI=1S/C18H12F6N4O/c1-10-15(16(29)25-13-6-2-4-11(8-13)17(19,20)21)26-27-28(10)14-7-3-5-12(9-14)18(22,23)24/h2-9H,1H3,(H,25,29). The van der Waals surface area contributed by atoms with Gasteiger partial charge >= 0.3 is 12.4 Å². The average Bonchev–Trinajstić information content (AvgIpc) is 3.02. The smallest absolute Gasteiger partial charge is 0.321 e. The van der Waals surface area contributed by atoms with E-state index < -0.39 is 29.4 Å². The van der Waals surface area contributed by atoms with Gasteiger partial charge < -0.3 is 5.32 Å². The first-order valence-electron chi connectivity index (χ1n) is 8.05. The zero-order valence-corrected chi connectivity index (χ0v) is 14.6. The number of anilines is 1. The summed E-state index contributed by atoms with van der Waals surface area (Å²) in [4.78, 5) is 12.4. The lowest BCUT2D eigenvalue weighted by atomic mass is 10.2. The van der Waals surface area contributed by atoms with Gasteiger partial charge in [-0.05, 0) is 43.3 Å². The molecular weight excluding hydrogens is 402 g/mol. The second-order valence-corrected chi connectivity index (χ2v) is 6.02. The fraction of sp³-hybridized carbons (Fsp3) is 0.167. The molecule has 0 saturated heterocycles. The van der Waals surface area contributed by atoms with Gasteiger partial charge in [0.2, 0.25) is 0 Å². The van der Waals surface area contributed by atoms with Crippen LogP contribution in [0, 0.1) is 6.92 Å². The Morgan fingerprint density at radius 2 is 1.52 bits per heavy atom. The van der Waals surface area contributed by atoms with Crippen LogP contribution in [-0.4, -0.2) is 20.9 Å². The largest absolute Gasteiger partial charge is 0.416 e. The van der Waals surface area contributed by atoms with E-state index in [0.29, 0.717) is 0 Å². The molecule has 0 unspecified atom stereocenters. The highest BCUT2D eigenvalue weighted by Crippen LogP contribution is 2.31. The second-order valence-electron chi connectivity index (χ2n) is 6.02. The molecule has 29 heavy (non-hydrogen) atoms. The first kappa shape index (κ1) is 20.4. The molecule has 1 aromatic heterocycles. The minimum absolute atomic E-state index is 0.0305. The molecule has 0 aliphatic heterocycles. The van der Waals surface area contributed by atoms with Crippen LogP contribution in [0.15, 0.2) is 48.5 Å². The van der Waals surface area contributed by atoms with Crippen molar-refractivity contribution in [2.45, 2.75) is 19.3 Å². The summed E-state index contributed by atoms with van der Waals surface area (Å²) in [7, 11) is 0. The fourth-order valence-corrected chi connectivity index (χ4v) is 2.56. The molecule has 3 rings (SSSR count). The van der Waals surface area contributed by atoms with Gasteiger partial charge in [-0.2, -0.15) is 26.3 Å². The lowest BCUT2D eigenvalue weighted by Crippen LogP contribution is -2.15. The maximum absolute atomic E-state index is 12.9. The van der Waals surface area contributed by atoms with Crippen LogP contribution in [0.2, 0.25) is 0 Å². The summed E-state index contributed by atoms with van der Waals surface area (Å²) >= 11 is 0. The highest BCUT2D eigenvalue weighted by atomic mass is 19.4. The van der Waals surface area contributed by atoms with E-state index in [1.54, 1.807) is 0 Å². The number of amides is 1. The summed E-state index contributed by atoms with van der Waals surface area (Å²) in [5, 5.41) is 9.61. The van der Waals surface area contributed by atoms with Gasteiger partial charge in [-0.1, -0.05) is 17.3 Å². The zero-order valence-electron chi connectivity index (χ0n) is 14.6. The Morgan fingerprint density at radius 3 is 2.14 bits per heavy atom. The van der Waals surface area contributed by atoms with E-state index in [1.807, 2.05) is 0 Å². The molecule has 1 N–H and O–H groups in total. The molecule has 0 bridgehead atoms. The quantitative estimate of drug-likeness (QED) is 0.623. The summed E-state index contributed by atoms with van der Waals surface area (Å²) in [5.74, 6) is -0.847. The predicted molar refractivity (Wildman–Crippen MR) is 90.5 cm³/mol. The van der Waals surface area contributed by atoms with Crippen LogP contribution in [0.25, 0.3) is 5.69 Å². The Balaban J connectivity index is 1.87. The summed E-state index contributed by atoms with van der Waals surface area (Å²) < 4.78 is 78.0. The molecule has 5 nitrogen and oxygen atoms in total. The zero-order chi connectivity index (χ0) is 21.4. The summed E-state index contributed by atoms with van der Waals surface area (Å²) in [5.41, 5.74) is -2.05. The van der Waals surface area contributed by atoms with E-state index in [-0.39, 0.29) is 22.8 Å². The van der Waals surface area contributed by atoms with Gasteiger partial charge in [-0.15, -0.1) is 5.10 Å². The molecule has 0 radical (unpaired) electrons. The lowest BCUT2D eigenvalue weighted by molar-refractivity contribution is -0.138. The molecule has 0 atom stereocenters. The maximum Gasteiger partial charge on any atom is 0.416 e. The Morgan fingerprint density at radius 1 is 0.931 bits per heavy atom. The molecule has 1 amide bonds.